The molecule has 0 atom stereocenters. The van der Waals surface area contributed by atoms with E-state index in [-0.39, 0.29) is 5.78 Å². The highest BCUT2D eigenvalue weighted by Crippen LogP contribution is 2.24. The molecule has 0 spiro atoms. The maximum atomic E-state index is 12.6. The first kappa shape index (κ1) is 12.8. The molecule has 0 bridgehead atoms. The lowest BCUT2D eigenvalue weighted by molar-refractivity contribution is 0.103. The minimum Gasteiger partial charge on any atom is -0.286 e. The van der Waals surface area contributed by atoms with E-state index >= 15 is 0 Å². The van der Waals surface area contributed by atoms with Crippen LogP contribution < -0.4 is 0 Å². The fourth-order valence-electron chi connectivity index (χ4n) is 2.06. The smallest absolute Gasteiger partial charge is 0.221 e. The second-order valence-corrected chi connectivity index (χ2v) is 5.90. The van der Waals surface area contributed by atoms with Crippen molar-refractivity contribution in [3.8, 4) is 5.69 Å². The van der Waals surface area contributed by atoms with Crippen LogP contribution in [0.15, 0.2) is 48.7 Å². The first-order chi connectivity index (χ1) is 9.66. The van der Waals surface area contributed by atoms with Crippen LogP contribution in [0.25, 0.3) is 5.69 Å². The summed E-state index contributed by atoms with van der Waals surface area (Å²) in [5.74, 6) is 0.0209. The number of nitrogens with zero attached hydrogens (tertiary/aromatic N) is 2. The highest BCUT2D eigenvalue weighted by molar-refractivity contribution is 7.14. The third-order valence-corrected chi connectivity index (χ3v) is 4.42. The van der Waals surface area contributed by atoms with Gasteiger partial charge in [0.1, 0.15) is 5.69 Å². The molecule has 20 heavy (non-hydrogen) atoms. The van der Waals surface area contributed by atoms with E-state index in [9.17, 15) is 4.79 Å². The average molecular weight is 282 g/mol. The quantitative estimate of drug-likeness (QED) is 0.685. The Hall–Kier alpha value is -2.20. The second kappa shape index (κ2) is 5.06. The fourth-order valence-corrected chi connectivity index (χ4v) is 3.04. The molecule has 100 valence electrons. The predicted molar refractivity (Wildman–Crippen MR) is 80.8 cm³/mol. The van der Waals surface area contributed by atoms with Gasteiger partial charge in [0.05, 0.1) is 16.8 Å². The molecule has 0 aliphatic carbocycles. The van der Waals surface area contributed by atoms with Crippen LogP contribution in [0.5, 0.6) is 0 Å². The number of aryl methyl sites for hydroxylation is 2. The van der Waals surface area contributed by atoms with Crippen LogP contribution in [-0.4, -0.2) is 15.6 Å². The summed E-state index contributed by atoms with van der Waals surface area (Å²) in [6.45, 7) is 4.06. The molecular weight excluding hydrogens is 268 g/mol. The molecule has 0 saturated carbocycles. The standard InChI is InChI=1S/C16H14N2OS/c1-11-10-15(20-12(11)2)16(19)14-8-9-17-18(14)13-6-4-3-5-7-13/h3-10H,1-2H3. The lowest BCUT2D eigenvalue weighted by atomic mass is 10.2. The lowest BCUT2D eigenvalue weighted by Crippen LogP contribution is -2.08. The van der Waals surface area contributed by atoms with E-state index in [0.717, 1.165) is 16.1 Å². The molecule has 0 aliphatic heterocycles. The van der Waals surface area contributed by atoms with Crippen molar-refractivity contribution in [3.63, 3.8) is 0 Å². The highest BCUT2D eigenvalue weighted by atomic mass is 32.1. The van der Waals surface area contributed by atoms with Gasteiger partial charge in [0, 0.05) is 4.88 Å². The van der Waals surface area contributed by atoms with Crippen molar-refractivity contribution in [2.75, 3.05) is 0 Å². The molecule has 0 fully saturated rings. The Kier molecular flexibility index (Phi) is 3.24. The Bertz CT molecular complexity index is 736. The maximum absolute atomic E-state index is 12.6. The van der Waals surface area contributed by atoms with Crippen molar-refractivity contribution >= 4 is 17.1 Å². The van der Waals surface area contributed by atoms with Crippen LogP contribution in [0.3, 0.4) is 0 Å². The van der Waals surface area contributed by atoms with Gasteiger partial charge >= 0.3 is 0 Å². The summed E-state index contributed by atoms with van der Waals surface area (Å²) >= 11 is 1.53. The van der Waals surface area contributed by atoms with Gasteiger partial charge in [-0.15, -0.1) is 11.3 Å². The van der Waals surface area contributed by atoms with Crippen LogP contribution in [0.1, 0.15) is 25.8 Å². The Labute approximate surface area is 121 Å². The van der Waals surface area contributed by atoms with Gasteiger partial charge in [-0.2, -0.15) is 5.10 Å². The number of thiophene rings is 1. The van der Waals surface area contributed by atoms with Crippen molar-refractivity contribution in [2.45, 2.75) is 13.8 Å². The molecule has 0 saturated heterocycles. The van der Waals surface area contributed by atoms with E-state index in [2.05, 4.69) is 5.10 Å². The number of carbonyl (C=O) groups is 1. The molecule has 0 aliphatic rings. The topological polar surface area (TPSA) is 34.9 Å². The molecule has 2 aromatic heterocycles. The van der Waals surface area contributed by atoms with Gasteiger partial charge in [-0.05, 0) is 43.7 Å². The normalized spacial score (nSPS) is 10.7. The molecule has 3 aromatic rings. The Morgan fingerprint density at radius 3 is 2.55 bits per heavy atom. The number of rotatable bonds is 3. The Morgan fingerprint density at radius 2 is 1.90 bits per heavy atom. The van der Waals surface area contributed by atoms with Crippen molar-refractivity contribution < 1.29 is 4.79 Å². The van der Waals surface area contributed by atoms with E-state index in [0.29, 0.717) is 5.69 Å². The number of carbonyl (C=O) groups excluding carboxylic acids is 1. The van der Waals surface area contributed by atoms with E-state index < -0.39 is 0 Å². The molecular formula is C16H14N2OS. The fraction of sp³-hybridized carbons (Fsp3) is 0.125. The first-order valence-electron chi connectivity index (χ1n) is 6.38. The van der Waals surface area contributed by atoms with E-state index in [1.54, 1.807) is 16.9 Å². The van der Waals surface area contributed by atoms with Crippen LogP contribution in [0.4, 0.5) is 0 Å². The minimum absolute atomic E-state index is 0.0209. The first-order valence-corrected chi connectivity index (χ1v) is 7.19. The summed E-state index contributed by atoms with van der Waals surface area (Å²) in [5.41, 5.74) is 2.65. The molecule has 3 nitrogen and oxygen atoms in total. The van der Waals surface area contributed by atoms with Crippen molar-refractivity contribution in [3.05, 3.63) is 69.7 Å². The molecule has 2 heterocycles. The molecule has 0 amide bonds. The number of hydrogen-bond donors (Lipinski definition) is 0. The SMILES string of the molecule is Cc1cc(C(=O)c2ccnn2-c2ccccc2)sc1C. The van der Waals surface area contributed by atoms with Gasteiger partial charge in [0.2, 0.25) is 5.78 Å². The molecule has 1 aromatic carbocycles. The van der Waals surface area contributed by atoms with Gasteiger partial charge in [-0.1, -0.05) is 18.2 Å². The summed E-state index contributed by atoms with van der Waals surface area (Å²) in [5, 5.41) is 4.26. The van der Waals surface area contributed by atoms with Crippen molar-refractivity contribution in [2.24, 2.45) is 0 Å². The predicted octanol–water partition coefficient (Wildman–Crippen LogP) is 3.78. The van der Waals surface area contributed by atoms with Gasteiger partial charge < -0.3 is 0 Å². The third-order valence-electron chi connectivity index (χ3n) is 3.27. The van der Waals surface area contributed by atoms with E-state index in [1.807, 2.05) is 50.2 Å². The van der Waals surface area contributed by atoms with Crippen LogP contribution in [0.2, 0.25) is 0 Å². The molecule has 0 N–H and O–H groups in total. The van der Waals surface area contributed by atoms with Crippen LogP contribution in [0, 0.1) is 13.8 Å². The van der Waals surface area contributed by atoms with Gasteiger partial charge in [0.25, 0.3) is 0 Å². The summed E-state index contributed by atoms with van der Waals surface area (Å²) in [6.07, 6.45) is 1.66. The number of benzene rings is 1. The minimum atomic E-state index is 0.0209. The number of hydrogen-bond acceptors (Lipinski definition) is 3. The zero-order chi connectivity index (χ0) is 14.1. The average Bonchev–Trinajstić information content (AvgIpc) is 3.07. The Morgan fingerprint density at radius 1 is 1.15 bits per heavy atom. The van der Waals surface area contributed by atoms with E-state index in [4.69, 9.17) is 0 Å². The monoisotopic (exact) mass is 282 g/mol. The lowest BCUT2D eigenvalue weighted by Gasteiger charge is -2.05. The number of aromatic nitrogens is 2. The number of para-hydroxylation sites is 1. The summed E-state index contributed by atoms with van der Waals surface area (Å²) in [4.78, 5) is 14.6. The molecule has 0 radical (unpaired) electrons. The summed E-state index contributed by atoms with van der Waals surface area (Å²) < 4.78 is 1.69. The highest BCUT2D eigenvalue weighted by Gasteiger charge is 2.17. The van der Waals surface area contributed by atoms with E-state index in [1.165, 1.54) is 16.2 Å². The number of ketones is 1. The zero-order valence-corrected chi connectivity index (χ0v) is 12.1. The van der Waals surface area contributed by atoms with Crippen molar-refractivity contribution in [1.29, 1.82) is 0 Å². The second-order valence-electron chi connectivity index (χ2n) is 4.64. The Balaban J connectivity index is 2.04. The summed E-state index contributed by atoms with van der Waals surface area (Å²) in [7, 11) is 0. The largest absolute Gasteiger partial charge is 0.286 e. The van der Waals surface area contributed by atoms with Crippen LogP contribution in [-0.2, 0) is 0 Å². The molecule has 0 unspecified atom stereocenters. The van der Waals surface area contributed by atoms with Crippen molar-refractivity contribution in [1.82, 2.24) is 9.78 Å². The third kappa shape index (κ3) is 2.18. The molecule has 4 heteroatoms. The van der Waals surface area contributed by atoms with Gasteiger partial charge in [-0.25, -0.2) is 4.68 Å². The van der Waals surface area contributed by atoms with Gasteiger partial charge in [0.15, 0.2) is 0 Å². The zero-order valence-electron chi connectivity index (χ0n) is 11.3. The van der Waals surface area contributed by atoms with Crippen LogP contribution >= 0.6 is 11.3 Å². The summed E-state index contributed by atoms with van der Waals surface area (Å²) in [6, 6.07) is 13.4. The maximum Gasteiger partial charge on any atom is 0.221 e. The van der Waals surface area contributed by atoms with Gasteiger partial charge in [-0.3, -0.25) is 4.79 Å². The molecule has 3 rings (SSSR count).